The molecule has 152 valence electrons. The number of thioether (sulfide) groups is 1. The first kappa shape index (κ1) is 20.2. The van der Waals surface area contributed by atoms with E-state index in [2.05, 4.69) is 0 Å². The predicted molar refractivity (Wildman–Crippen MR) is 123 cm³/mol. The molecule has 0 spiro atoms. The first-order chi connectivity index (χ1) is 14.5. The van der Waals surface area contributed by atoms with Crippen LogP contribution in [0.1, 0.15) is 5.56 Å². The molecule has 0 atom stereocenters. The summed E-state index contributed by atoms with van der Waals surface area (Å²) in [6.07, 6.45) is 3.74. The van der Waals surface area contributed by atoms with E-state index in [1.165, 1.54) is 16.7 Å². The molecule has 1 aliphatic rings. The Morgan fingerprint density at radius 2 is 1.80 bits per heavy atom. The van der Waals surface area contributed by atoms with Crippen molar-refractivity contribution in [2.75, 3.05) is 21.3 Å². The number of hydrogen-bond donors (Lipinski definition) is 0. The van der Waals surface area contributed by atoms with Gasteiger partial charge in [0.25, 0.3) is 5.91 Å². The molecule has 30 heavy (non-hydrogen) atoms. The number of methoxy groups -OCH3 is 2. The van der Waals surface area contributed by atoms with Crippen molar-refractivity contribution in [3.05, 3.63) is 65.2 Å². The zero-order chi connectivity index (χ0) is 21.3. The molecule has 1 aliphatic heterocycles. The highest BCUT2D eigenvalue weighted by Gasteiger charge is 2.29. The first-order valence-electron chi connectivity index (χ1n) is 9.11. The van der Waals surface area contributed by atoms with Gasteiger partial charge in [-0.1, -0.05) is 42.2 Å². The van der Waals surface area contributed by atoms with Gasteiger partial charge in [0.05, 0.1) is 24.8 Å². The zero-order valence-corrected chi connectivity index (χ0v) is 18.3. The van der Waals surface area contributed by atoms with Crippen LogP contribution in [0.25, 0.3) is 23.0 Å². The highest BCUT2D eigenvalue weighted by Crippen LogP contribution is 2.36. The number of carbonyl (C=O) groups is 1. The number of likely N-dealkylation sites (N-methyl/N-ethyl adjacent to an activating group) is 1. The second-order valence-corrected chi connectivity index (χ2v) is 8.20. The van der Waals surface area contributed by atoms with Crippen LogP contribution in [0.3, 0.4) is 0 Å². The number of rotatable bonds is 5. The van der Waals surface area contributed by atoms with Crippen LogP contribution in [0.5, 0.6) is 11.5 Å². The number of amides is 1. The average Bonchev–Trinajstić information content (AvgIpc) is 3.30. The number of nitrogens with zero attached hydrogens (tertiary/aromatic N) is 3. The lowest BCUT2D eigenvalue weighted by Gasteiger charge is -2.09. The maximum atomic E-state index is 12.5. The summed E-state index contributed by atoms with van der Waals surface area (Å²) < 4.78 is 13.1. The van der Waals surface area contributed by atoms with Crippen molar-refractivity contribution >= 4 is 40.3 Å². The topological polar surface area (TPSA) is 56.6 Å². The smallest absolute Gasteiger partial charge is 0.265 e. The molecule has 4 rings (SSSR count). The molecule has 0 saturated carbocycles. The molecule has 1 amide bonds. The van der Waals surface area contributed by atoms with Gasteiger partial charge in [0.2, 0.25) is 0 Å². The van der Waals surface area contributed by atoms with Gasteiger partial charge in [-0.25, -0.2) is 4.68 Å². The molecule has 0 unspecified atom stereocenters. The van der Waals surface area contributed by atoms with Crippen molar-refractivity contribution in [3.63, 3.8) is 0 Å². The fourth-order valence-electron chi connectivity index (χ4n) is 3.10. The molecule has 1 aromatic heterocycles. The average molecular weight is 438 g/mol. The monoisotopic (exact) mass is 437 g/mol. The van der Waals surface area contributed by atoms with Crippen molar-refractivity contribution in [1.82, 2.24) is 14.7 Å². The minimum Gasteiger partial charge on any atom is -0.493 e. The van der Waals surface area contributed by atoms with E-state index in [0.29, 0.717) is 20.7 Å². The van der Waals surface area contributed by atoms with E-state index in [4.69, 9.17) is 26.8 Å². The number of carbonyl (C=O) groups excluding carboxylic acids is 1. The summed E-state index contributed by atoms with van der Waals surface area (Å²) >= 11 is 6.54. The zero-order valence-electron chi connectivity index (χ0n) is 16.7. The van der Waals surface area contributed by atoms with Gasteiger partial charge < -0.3 is 9.47 Å². The second-order valence-electron chi connectivity index (χ2n) is 6.52. The quantitative estimate of drug-likeness (QED) is 0.436. The third kappa shape index (κ3) is 3.71. The van der Waals surface area contributed by atoms with Crippen LogP contribution in [-0.2, 0) is 4.79 Å². The number of ether oxygens (including phenoxy) is 2. The molecule has 1 fully saturated rings. The molecular formula is C22H19N3O3S2. The molecule has 0 bridgehead atoms. The van der Waals surface area contributed by atoms with Crippen molar-refractivity contribution in [3.8, 4) is 28.4 Å². The Bertz CT molecular complexity index is 1160. The molecule has 1 saturated heterocycles. The number of para-hydroxylation sites is 1. The fraction of sp³-hybridized carbons (Fsp3) is 0.136. The maximum absolute atomic E-state index is 12.5. The van der Waals surface area contributed by atoms with Crippen LogP contribution in [0.15, 0.2) is 59.6 Å². The Hall–Kier alpha value is -3.10. The second kappa shape index (κ2) is 8.33. The Kier molecular flexibility index (Phi) is 5.61. The van der Waals surface area contributed by atoms with E-state index >= 15 is 0 Å². The van der Waals surface area contributed by atoms with Gasteiger partial charge in [-0.3, -0.25) is 9.69 Å². The minimum atomic E-state index is -0.115. The molecule has 8 heteroatoms. The van der Waals surface area contributed by atoms with E-state index < -0.39 is 0 Å². The van der Waals surface area contributed by atoms with Crippen LogP contribution in [-0.4, -0.2) is 46.2 Å². The van der Waals surface area contributed by atoms with Crippen LogP contribution in [0, 0.1) is 0 Å². The molecule has 6 nitrogen and oxygen atoms in total. The number of aromatic nitrogens is 2. The van der Waals surface area contributed by atoms with Gasteiger partial charge in [0.1, 0.15) is 10.0 Å². The largest absolute Gasteiger partial charge is 0.493 e. The Morgan fingerprint density at radius 3 is 2.43 bits per heavy atom. The molecule has 0 N–H and O–H groups in total. The Labute approximate surface area is 184 Å². The normalized spacial score (nSPS) is 15.2. The van der Waals surface area contributed by atoms with Gasteiger partial charge in [0, 0.05) is 24.4 Å². The van der Waals surface area contributed by atoms with Gasteiger partial charge in [-0.2, -0.15) is 5.10 Å². The highest BCUT2D eigenvalue weighted by molar-refractivity contribution is 8.26. The summed E-state index contributed by atoms with van der Waals surface area (Å²) in [4.78, 5) is 14.6. The molecule has 3 aromatic rings. The molecule has 2 heterocycles. The molecule has 0 aliphatic carbocycles. The maximum Gasteiger partial charge on any atom is 0.265 e. The lowest BCUT2D eigenvalue weighted by Crippen LogP contribution is -2.22. The molecular weight excluding hydrogens is 418 g/mol. The standard InChI is InChI=1S/C22H19N3O3S2/c1-24-21(26)19(30-22(24)29)12-15-13-25(16-7-5-4-6-8-16)23-20(15)14-9-10-17(27-2)18(11-14)28-3/h4-13H,1-3H3/b19-12-. The van der Waals surface area contributed by atoms with Crippen molar-refractivity contribution in [2.45, 2.75) is 0 Å². The lowest BCUT2D eigenvalue weighted by atomic mass is 10.1. The predicted octanol–water partition coefficient (Wildman–Crippen LogP) is 4.39. The van der Waals surface area contributed by atoms with Crippen LogP contribution >= 0.6 is 24.0 Å². The summed E-state index contributed by atoms with van der Waals surface area (Å²) in [5, 5.41) is 4.80. The van der Waals surface area contributed by atoms with Crippen molar-refractivity contribution in [1.29, 1.82) is 0 Å². The first-order valence-corrected chi connectivity index (χ1v) is 10.3. The third-order valence-corrected chi connectivity index (χ3v) is 6.18. The third-order valence-electron chi connectivity index (χ3n) is 4.69. The number of hydrogen-bond acceptors (Lipinski definition) is 6. The van der Waals surface area contributed by atoms with Crippen LogP contribution in [0.2, 0.25) is 0 Å². The highest BCUT2D eigenvalue weighted by atomic mass is 32.2. The number of thiocarbonyl (C=S) groups is 1. The lowest BCUT2D eigenvalue weighted by molar-refractivity contribution is -0.121. The van der Waals surface area contributed by atoms with Gasteiger partial charge in [0.15, 0.2) is 11.5 Å². The SMILES string of the molecule is COc1ccc(-c2nn(-c3ccccc3)cc2/C=C2\SC(=S)N(C)C2=O)cc1OC. The van der Waals surface area contributed by atoms with Crippen LogP contribution < -0.4 is 9.47 Å². The summed E-state index contributed by atoms with van der Waals surface area (Å²) in [7, 11) is 4.87. The van der Waals surface area contributed by atoms with Crippen molar-refractivity contribution in [2.24, 2.45) is 0 Å². The Morgan fingerprint density at radius 1 is 1.07 bits per heavy atom. The minimum absolute atomic E-state index is 0.115. The van der Waals surface area contributed by atoms with E-state index in [1.54, 1.807) is 25.9 Å². The van der Waals surface area contributed by atoms with Gasteiger partial charge in [-0.05, 0) is 36.4 Å². The van der Waals surface area contributed by atoms with E-state index in [-0.39, 0.29) is 5.91 Å². The van der Waals surface area contributed by atoms with Crippen LogP contribution in [0.4, 0.5) is 0 Å². The number of benzene rings is 2. The molecule has 2 aromatic carbocycles. The summed E-state index contributed by atoms with van der Waals surface area (Å²) in [5.74, 6) is 1.13. The molecule has 0 radical (unpaired) electrons. The van der Waals surface area contributed by atoms with E-state index in [0.717, 1.165) is 22.5 Å². The van der Waals surface area contributed by atoms with E-state index in [9.17, 15) is 4.79 Å². The fourth-order valence-corrected chi connectivity index (χ4v) is 4.27. The van der Waals surface area contributed by atoms with E-state index in [1.807, 2.05) is 60.8 Å². The van der Waals surface area contributed by atoms with Crippen molar-refractivity contribution < 1.29 is 14.3 Å². The summed E-state index contributed by atoms with van der Waals surface area (Å²) in [6, 6.07) is 15.4. The van der Waals surface area contributed by atoms with Gasteiger partial charge in [-0.15, -0.1) is 0 Å². The summed E-state index contributed by atoms with van der Waals surface area (Å²) in [5.41, 5.74) is 3.30. The summed E-state index contributed by atoms with van der Waals surface area (Å²) in [6.45, 7) is 0. The van der Waals surface area contributed by atoms with Gasteiger partial charge >= 0.3 is 0 Å². The Balaban J connectivity index is 1.86.